The van der Waals surface area contributed by atoms with E-state index in [0.29, 0.717) is 0 Å². The van der Waals surface area contributed by atoms with E-state index >= 15 is 0 Å². The van der Waals surface area contributed by atoms with Gasteiger partial charge in [-0.2, -0.15) is 0 Å². The summed E-state index contributed by atoms with van der Waals surface area (Å²) in [5, 5.41) is 3.37. The van der Waals surface area contributed by atoms with Gasteiger partial charge in [-0.3, -0.25) is 0 Å². The highest BCUT2D eigenvalue weighted by atomic mass is 16.5. The van der Waals surface area contributed by atoms with Crippen LogP contribution in [0.25, 0.3) is 0 Å². The number of unbranched alkanes of at least 4 members (excludes halogenated alkanes) is 1. The minimum Gasteiger partial charge on any atom is -0.495 e. The summed E-state index contributed by atoms with van der Waals surface area (Å²) < 4.78 is 5.49. The fourth-order valence-electron chi connectivity index (χ4n) is 3.08. The first-order chi connectivity index (χ1) is 12.3. The number of hydrogen-bond donors (Lipinski definition) is 1. The van der Waals surface area contributed by atoms with E-state index in [2.05, 4.69) is 50.2 Å². The molecule has 6 heteroatoms. The van der Waals surface area contributed by atoms with Gasteiger partial charge in [0.05, 0.1) is 12.8 Å². The molecule has 0 spiro atoms. The van der Waals surface area contributed by atoms with Gasteiger partial charge < -0.3 is 19.9 Å². The predicted molar refractivity (Wildman–Crippen MR) is 103 cm³/mol. The summed E-state index contributed by atoms with van der Waals surface area (Å²) in [6, 6.07) is 10.2. The van der Waals surface area contributed by atoms with Gasteiger partial charge >= 0.3 is 0 Å². The molecule has 1 aliphatic rings. The van der Waals surface area contributed by atoms with Gasteiger partial charge in [0, 0.05) is 38.8 Å². The normalized spacial score (nSPS) is 14.5. The minimum absolute atomic E-state index is 0.908. The van der Waals surface area contributed by atoms with Crippen molar-refractivity contribution in [2.24, 2.45) is 0 Å². The molecule has 2 aromatic rings. The molecule has 3 rings (SSSR count). The Balaban J connectivity index is 1.61. The number of para-hydroxylation sites is 2. The molecule has 1 aromatic carbocycles. The average molecular weight is 341 g/mol. The molecule has 0 aliphatic carbocycles. The average Bonchev–Trinajstić information content (AvgIpc) is 2.68. The predicted octanol–water partition coefficient (Wildman–Crippen LogP) is 3.02. The van der Waals surface area contributed by atoms with E-state index < -0.39 is 0 Å². The Hall–Kier alpha value is -2.50. The monoisotopic (exact) mass is 341 g/mol. The lowest BCUT2D eigenvalue weighted by Crippen LogP contribution is -2.47. The third-order valence-corrected chi connectivity index (χ3v) is 4.52. The molecule has 1 aliphatic heterocycles. The number of rotatable bonds is 7. The van der Waals surface area contributed by atoms with Crippen LogP contribution >= 0.6 is 0 Å². The first-order valence-electron chi connectivity index (χ1n) is 9.00. The number of anilines is 3. The van der Waals surface area contributed by atoms with Gasteiger partial charge in [-0.25, -0.2) is 9.97 Å². The number of methoxy groups -OCH3 is 1. The molecule has 2 heterocycles. The van der Waals surface area contributed by atoms with Crippen LogP contribution in [0.3, 0.4) is 0 Å². The van der Waals surface area contributed by atoms with Crippen molar-refractivity contribution in [1.29, 1.82) is 0 Å². The zero-order valence-electron chi connectivity index (χ0n) is 15.1. The standard InChI is InChI=1S/C19H27N5O/c1-3-4-9-20-18-14-19(22-15-21-18)24-12-10-23(11-13-24)16-7-5-6-8-17(16)25-2/h5-8,14-15H,3-4,9-13H2,1-2H3,(H,20,21,22). The van der Waals surface area contributed by atoms with Crippen molar-refractivity contribution >= 4 is 17.3 Å². The molecule has 6 nitrogen and oxygen atoms in total. The van der Waals surface area contributed by atoms with E-state index in [0.717, 1.165) is 62.2 Å². The Labute approximate surface area is 149 Å². The number of aromatic nitrogens is 2. The quantitative estimate of drug-likeness (QED) is 0.781. The summed E-state index contributed by atoms with van der Waals surface area (Å²) in [5.41, 5.74) is 1.16. The van der Waals surface area contributed by atoms with Crippen LogP contribution in [0.1, 0.15) is 19.8 Å². The van der Waals surface area contributed by atoms with Crippen molar-refractivity contribution in [2.45, 2.75) is 19.8 Å². The summed E-state index contributed by atoms with van der Waals surface area (Å²) in [7, 11) is 1.73. The van der Waals surface area contributed by atoms with Crippen LogP contribution in [0.4, 0.5) is 17.3 Å². The molecule has 1 saturated heterocycles. The minimum atomic E-state index is 0.908. The van der Waals surface area contributed by atoms with Gasteiger partial charge in [-0.05, 0) is 18.6 Å². The van der Waals surface area contributed by atoms with Crippen LogP contribution in [-0.4, -0.2) is 49.8 Å². The molecule has 0 atom stereocenters. The lowest BCUT2D eigenvalue weighted by molar-refractivity contribution is 0.413. The van der Waals surface area contributed by atoms with Crippen LogP contribution in [0.5, 0.6) is 5.75 Å². The van der Waals surface area contributed by atoms with Crippen LogP contribution in [-0.2, 0) is 0 Å². The Kier molecular flexibility index (Phi) is 5.93. The van der Waals surface area contributed by atoms with E-state index in [1.54, 1.807) is 13.4 Å². The van der Waals surface area contributed by atoms with Crippen LogP contribution in [0.15, 0.2) is 36.7 Å². The SMILES string of the molecule is CCCCNc1cc(N2CCN(c3ccccc3OC)CC2)ncn1. The van der Waals surface area contributed by atoms with E-state index in [1.807, 2.05) is 12.1 Å². The van der Waals surface area contributed by atoms with Crippen molar-refractivity contribution in [1.82, 2.24) is 9.97 Å². The molecule has 1 N–H and O–H groups in total. The maximum absolute atomic E-state index is 5.49. The molecule has 0 bridgehead atoms. The molecule has 0 saturated carbocycles. The van der Waals surface area contributed by atoms with E-state index in [-0.39, 0.29) is 0 Å². The number of nitrogens with zero attached hydrogens (tertiary/aromatic N) is 4. The van der Waals surface area contributed by atoms with Crippen molar-refractivity contribution in [3.8, 4) is 5.75 Å². The number of hydrogen-bond acceptors (Lipinski definition) is 6. The topological polar surface area (TPSA) is 53.5 Å². The lowest BCUT2D eigenvalue weighted by Gasteiger charge is -2.37. The molecule has 1 aromatic heterocycles. The highest BCUT2D eigenvalue weighted by molar-refractivity contribution is 5.59. The van der Waals surface area contributed by atoms with Gasteiger partial charge in [0.2, 0.25) is 0 Å². The fourth-order valence-corrected chi connectivity index (χ4v) is 3.08. The third kappa shape index (κ3) is 4.32. The molecular weight excluding hydrogens is 314 g/mol. The highest BCUT2D eigenvalue weighted by Crippen LogP contribution is 2.29. The lowest BCUT2D eigenvalue weighted by atomic mass is 10.2. The highest BCUT2D eigenvalue weighted by Gasteiger charge is 2.20. The molecule has 134 valence electrons. The maximum atomic E-state index is 5.49. The van der Waals surface area contributed by atoms with Gasteiger partial charge in [0.1, 0.15) is 23.7 Å². The fraction of sp³-hybridized carbons (Fsp3) is 0.474. The molecule has 25 heavy (non-hydrogen) atoms. The molecule has 1 fully saturated rings. The molecule has 0 amide bonds. The Bertz CT molecular complexity index is 670. The van der Waals surface area contributed by atoms with Gasteiger partial charge in [0.15, 0.2) is 0 Å². The summed E-state index contributed by atoms with van der Waals surface area (Å²) in [6.07, 6.45) is 3.98. The van der Waals surface area contributed by atoms with E-state index in [1.165, 1.54) is 6.42 Å². The van der Waals surface area contributed by atoms with Crippen LogP contribution in [0, 0.1) is 0 Å². The number of nitrogens with one attached hydrogen (secondary N) is 1. The second kappa shape index (κ2) is 8.55. The van der Waals surface area contributed by atoms with E-state index in [9.17, 15) is 0 Å². The maximum Gasteiger partial charge on any atom is 0.142 e. The zero-order chi connectivity index (χ0) is 17.5. The Morgan fingerprint density at radius 1 is 1.08 bits per heavy atom. The second-order valence-electron chi connectivity index (χ2n) is 6.19. The Morgan fingerprint density at radius 3 is 2.60 bits per heavy atom. The summed E-state index contributed by atoms with van der Waals surface area (Å²) >= 11 is 0. The van der Waals surface area contributed by atoms with Gasteiger partial charge in [-0.1, -0.05) is 25.5 Å². The summed E-state index contributed by atoms with van der Waals surface area (Å²) in [5.74, 6) is 2.83. The molecular formula is C19H27N5O. The number of benzene rings is 1. The van der Waals surface area contributed by atoms with Crippen molar-refractivity contribution in [3.05, 3.63) is 36.7 Å². The molecule has 0 radical (unpaired) electrons. The van der Waals surface area contributed by atoms with Crippen LogP contribution < -0.4 is 19.9 Å². The van der Waals surface area contributed by atoms with Crippen molar-refractivity contribution < 1.29 is 4.74 Å². The van der Waals surface area contributed by atoms with Crippen molar-refractivity contribution in [3.63, 3.8) is 0 Å². The summed E-state index contributed by atoms with van der Waals surface area (Å²) in [6.45, 7) is 6.90. The smallest absolute Gasteiger partial charge is 0.142 e. The first kappa shape index (κ1) is 17.3. The second-order valence-corrected chi connectivity index (χ2v) is 6.19. The first-order valence-corrected chi connectivity index (χ1v) is 9.00. The largest absolute Gasteiger partial charge is 0.495 e. The third-order valence-electron chi connectivity index (χ3n) is 4.52. The van der Waals surface area contributed by atoms with E-state index in [4.69, 9.17) is 4.74 Å². The molecule has 0 unspecified atom stereocenters. The Morgan fingerprint density at radius 2 is 1.84 bits per heavy atom. The number of piperazine rings is 1. The van der Waals surface area contributed by atoms with Gasteiger partial charge in [-0.15, -0.1) is 0 Å². The number of ether oxygens (including phenoxy) is 1. The zero-order valence-corrected chi connectivity index (χ0v) is 15.1. The van der Waals surface area contributed by atoms with Crippen LogP contribution in [0.2, 0.25) is 0 Å². The van der Waals surface area contributed by atoms with Gasteiger partial charge in [0.25, 0.3) is 0 Å². The van der Waals surface area contributed by atoms with Crippen molar-refractivity contribution in [2.75, 3.05) is 55.0 Å². The summed E-state index contributed by atoms with van der Waals surface area (Å²) in [4.78, 5) is 13.5.